The highest BCUT2D eigenvalue weighted by Gasteiger charge is 2.13. The van der Waals surface area contributed by atoms with E-state index in [0.29, 0.717) is 5.92 Å². The van der Waals surface area contributed by atoms with Gasteiger partial charge in [-0.2, -0.15) is 0 Å². The van der Waals surface area contributed by atoms with Crippen LogP contribution in [0.2, 0.25) is 0 Å². The zero-order chi connectivity index (χ0) is 10.6. The molecule has 0 amide bonds. The minimum Gasteiger partial charge on any atom is -0.393 e. The lowest BCUT2D eigenvalue weighted by Crippen LogP contribution is -2.18. The predicted octanol–water partition coefficient (Wildman–Crippen LogP) is 3.40. The fraction of sp³-hybridized carbons (Fsp3) is 0.500. The van der Waals surface area contributed by atoms with E-state index >= 15 is 0 Å². The average molecular weight is 257 g/mol. The predicted molar refractivity (Wildman–Crippen MR) is 63.3 cm³/mol. The maximum Gasteiger partial charge on any atom is 0.0566 e. The van der Waals surface area contributed by atoms with Crippen LogP contribution >= 0.6 is 15.9 Å². The molecule has 1 rings (SSSR count). The van der Waals surface area contributed by atoms with Crippen molar-refractivity contribution in [2.24, 2.45) is 5.92 Å². The first kappa shape index (κ1) is 11.7. The quantitative estimate of drug-likeness (QED) is 0.876. The normalized spacial score (nSPS) is 15.1. The van der Waals surface area contributed by atoms with Gasteiger partial charge < -0.3 is 5.11 Å². The molecule has 2 heteroatoms. The summed E-state index contributed by atoms with van der Waals surface area (Å²) in [5.41, 5.74) is 1.27. The van der Waals surface area contributed by atoms with E-state index in [1.54, 1.807) is 0 Å². The highest BCUT2D eigenvalue weighted by Crippen LogP contribution is 2.21. The van der Waals surface area contributed by atoms with Gasteiger partial charge in [0.15, 0.2) is 0 Å². The second kappa shape index (κ2) is 5.52. The number of aliphatic hydroxyl groups is 1. The number of halogens is 1. The number of hydrogen-bond acceptors (Lipinski definition) is 1. The Morgan fingerprint density at radius 2 is 2.00 bits per heavy atom. The summed E-state index contributed by atoms with van der Waals surface area (Å²) in [5.74, 6) is 0.318. The van der Waals surface area contributed by atoms with Crippen LogP contribution in [0.5, 0.6) is 0 Å². The van der Waals surface area contributed by atoms with Crippen molar-refractivity contribution < 1.29 is 5.11 Å². The summed E-state index contributed by atoms with van der Waals surface area (Å²) in [5, 5.41) is 9.66. The van der Waals surface area contributed by atoms with Crippen molar-refractivity contribution >= 4 is 15.9 Å². The van der Waals surface area contributed by atoms with Crippen molar-refractivity contribution in [3.8, 4) is 0 Å². The molecule has 0 saturated heterocycles. The van der Waals surface area contributed by atoms with Crippen molar-refractivity contribution in [1.29, 1.82) is 0 Å². The van der Waals surface area contributed by atoms with E-state index in [-0.39, 0.29) is 6.10 Å². The fourth-order valence-electron chi connectivity index (χ4n) is 1.55. The zero-order valence-corrected chi connectivity index (χ0v) is 10.3. The Balaban J connectivity index is 2.64. The summed E-state index contributed by atoms with van der Waals surface area (Å²) in [4.78, 5) is 0. The lowest BCUT2D eigenvalue weighted by Gasteiger charge is -2.17. The maximum atomic E-state index is 9.66. The molecule has 0 radical (unpaired) electrons. The smallest absolute Gasteiger partial charge is 0.0566 e. The Kier molecular flexibility index (Phi) is 4.63. The molecule has 0 aliphatic carbocycles. The van der Waals surface area contributed by atoms with Crippen LogP contribution in [-0.4, -0.2) is 11.2 Å². The summed E-state index contributed by atoms with van der Waals surface area (Å²) < 4.78 is 1.13. The highest BCUT2D eigenvalue weighted by molar-refractivity contribution is 9.10. The van der Waals surface area contributed by atoms with Crippen LogP contribution in [0.4, 0.5) is 0 Å². The van der Waals surface area contributed by atoms with Gasteiger partial charge >= 0.3 is 0 Å². The fourth-order valence-corrected chi connectivity index (χ4v) is 2.00. The summed E-state index contributed by atoms with van der Waals surface area (Å²) in [6.45, 7) is 4.11. The molecular weight excluding hydrogens is 240 g/mol. The SMILES string of the molecule is CCC(O)C(C)Cc1ccccc1Br. The molecule has 0 heterocycles. The van der Waals surface area contributed by atoms with Gasteiger partial charge in [0.2, 0.25) is 0 Å². The lowest BCUT2D eigenvalue weighted by atomic mass is 9.94. The number of hydrogen-bond donors (Lipinski definition) is 1. The molecule has 0 aromatic heterocycles. The van der Waals surface area contributed by atoms with Crippen molar-refractivity contribution in [1.82, 2.24) is 0 Å². The van der Waals surface area contributed by atoms with E-state index < -0.39 is 0 Å². The number of aliphatic hydroxyl groups excluding tert-OH is 1. The second-order valence-electron chi connectivity index (χ2n) is 3.75. The van der Waals surface area contributed by atoms with Crippen LogP contribution in [0, 0.1) is 5.92 Å². The Morgan fingerprint density at radius 1 is 1.36 bits per heavy atom. The maximum absolute atomic E-state index is 9.66. The van der Waals surface area contributed by atoms with Crippen molar-refractivity contribution in [3.63, 3.8) is 0 Å². The van der Waals surface area contributed by atoms with Crippen LogP contribution in [0.25, 0.3) is 0 Å². The molecule has 2 unspecified atom stereocenters. The Hall–Kier alpha value is -0.340. The van der Waals surface area contributed by atoms with Crippen LogP contribution in [0.15, 0.2) is 28.7 Å². The van der Waals surface area contributed by atoms with Crippen molar-refractivity contribution in [2.45, 2.75) is 32.8 Å². The average Bonchev–Trinajstić information content (AvgIpc) is 2.20. The molecule has 1 aromatic carbocycles. The van der Waals surface area contributed by atoms with Gasteiger partial charge in [-0.15, -0.1) is 0 Å². The van der Waals surface area contributed by atoms with Crippen LogP contribution in [0.3, 0.4) is 0 Å². The van der Waals surface area contributed by atoms with Crippen molar-refractivity contribution in [2.75, 3.05) is 0 Å². The molecule has 78 valence electrons. The van der Waals surface area contributed by atoms with Gasteiger partial charge in [-0.1, -0.05) is 48.0 Å². The van der Waals surface area contributed by atoms with E-state index in [2.05, 4.69) is 28.9 Å². The van der Waals surface area contributed by atoms with E-state index in [0.717, 1.165) is 17.3 Å². The summed E-state index contributed by atoms with van der Waals surface area (Å²) in [6, 6.07) is 8.18. The molecule has 1 N–H and O–H groups in total. The van der Waals surface area contributed by atoms with Crippen LogP contribution in [-0.2, 0) is 6.42 Å². The molecule has 0 bridgehead atoms. The van der Waals surface area contributed by atoms with E-state index in [1.807, 2.05) is 25.1 Å². The first-order chi connectivity index (χ1) is 6.65. The Morgan fingerprint density at radius 3 is 2.57 bits per heavy atom. The largest absolute Gasteiger partial charge is 0.393 e. The minimum absolute atomic E-state index is 0.192. The molecule has 14 heavy (non-hydrogen) atoms. The Labute approximate surface area is 94.3 Å². The lowest BCUT2D eigenvalue weighted by molar-refractivity contribution is 0.112. The second-order valence-corrected chi connectivity index (χ2v) is 4.60. The van der Waals surface area contributed by atoms with E-state index in [4.69, 9.17) is 0 Å². The third-order valence-corrected chi connectivity index (χ3v) is 3.35. The standard InChI is InChI=1S/C12H17BrO/c1-3-12(14)9(2)8-10-6-4-5-7-11(10)13/h4-7,9,12,14H,3,8H2,1-2H3. The summed E-state index contributed by atoms with van der Waals surface area (Å²) in [7, 11) is 0. The first-order valence-electron chi connectivity index (χ1n) is 5.06. The van der Waals surface area contributed by atoms with Gasteiger partial charge in [0.1, 0.15) is 0 Å². The van der Waals surface area contributed by atoms with Crippen LogP contribution < -0.4 is 0 Å². The van der Waals surface area contributed by atoms with Gasteiger partial charge in [-0.25, -0.2) is 0 Å². The van der Waals surface area contributed by atoms with E-state index in [9.17, 15) is 5.11 Å². The van der Waals surface area contributed by atoms with Crippen LogP contribution in [0.1, 0.15) is 25.8 Å². The monoisotopic (exact) mass is 256 g/mol. The molecule has 0 aliphatic heterocycles. The molecular formula is C12H17BrO. The van der Waals surface area contributed by atoms with E-state index in [1.165, 1.54) is 5.56 Å². The molecule has 1 nitrogen and oxygen atoms in total. The molecule has 0 spiro atoms. The highest BCUT2D eigenvalue weighted by atomic mass is 79.9. The number of rotatable bonds is 4. The third kappa shape index (κ3) is 3.10. The zero-order valence-electron chi connectivity index (χ0n) is 8.70. The van der Waals surface area contributed by atoms with Gasteiger partial charge in [0, 0.05) is 4.47 Å². The number of benzene rings is 1. The Bertz CT molecular complexity index is 285. The molecule has 0 aliphatic rings. The van der Waals surface area contributed by atoms with Gasteiger partial charge in [0.05, 0.1) is 6.10 Å². The molecule has 0 fully saturated rings. The van der Waals surface area contributed by atoms with Crippen molar-refractivity contribution in [3.05, 3.63) is 34.3 Å². The van der Waals surface area contributed by atoms with Gasteiger partial charge in [-0.3, -0.25) is 0 Å². The first-order valence-corrected chi connectivity index (χ1v) is 5.86. The van der Waals surface area contributed by atoms with Gasteiger partial charge in [0.25, 0.3) is 0 Å². The molecule has 1 aromatic rings. The molecule has 0 saturated carbocycles. The molecule has 2 atom stereocenters. The minimum atomic E-state index is -0.192. The topological polar surface area (TPSA) is 20.2 Å². The third-order valence-electron chi connectivity index (χ3n) is 2.57. The summed E-state index contributed by atoms with van der Waals surface area (Å²) in [6.07, 6.45) is 1.56. The van der Waals surface area contributed by atoms with Gasteiger partial charge in [-0.05, 0) is 30.4 Å². The summed E-state index contributed by atoms with van der Waals surface area (Å²) >= 11 is 3.51.